The molecule has 100 valence electrons. The molecule has 0 aromatic heterocycles. The topological polar surface area (TPSA) is 57.6 Å². The molecule has 1 fully saturated rings. The van der Waals surface area contributed by atoms with E-state index in [1.807, 2.05) is 0 Å². The van der Waals surface area contributed by atoms with Crippen molar-refractivity contribution in [2.75, 3.05) is 13.2 Å². The van der Waals surface area contributed by atoms with Crippen LogP contribution in [-0.2, 0) is 10.0 Å². The highest BCUT2D eigenvalue weighted by atomic mass is 35.5. The van der Waals surface area contributed by atoms with Gasteiger partial charge in [0.1, 0.15) is 10.7 Å². The number of halogens is 2. The van der Waals surface area contributed by atoms with E-state index < -0.39 is 26.8 Å². The van der Waals surface area contributed by atoms with Crippen LogP contribution in [0.5, 0.6) is 0 Å². The molecule has 0 spiro atoms. The molecule has 7 heteroatoms. The van der Waals surface area contributed by atoms with E-state index in [4.69, 9.17) is 16.7 Å². The maximum absolute atomic E-state index is 13.7. The summed E-state index contributed by atoms with van der Waals surface area (Å²) in [5.41, 5.74) is 0. The Morgan fingerprint density at radius 1 is 1.50 bits per heavy atom. The molecular weight excluding hydrogens is 281 g/mol. The van der Waals surface area contributed by atoms with Crippen LogP contribution in [0.2, 0.25) is 5.02 Å². The second-order valence-electron chi connectivity index (χ2n) is 4.17. The van der Waals surface area contributed by atoms with Crippen molar-refractivity contribution < 1.29 is 17.9 Å². The Bertz CT molecular complexity index is 549. The van der Waals surface area contributed by atoms with Crippen LogP contribution in [0.15, 0.2) is 23.1 Å². The molecule has 4 nitrogen and oxygen atoms in total. The van der Waals surface area contributed by atoms with Crippen molar-refractivity contribution in [3.05, 3.63) is 29.0 Å². The first-order valence-corrected chi connectivity index (χ1v) is 7.36. The minimum absolute atomic E-state index is 0.145. The van der Waals surface area contributed by atoms with Crippen molar-refractivity contribution in [1.29, 1.82) is 0 Å². The fourth-order valence-electron chi connectivity index (χ4n) is 2.12. The molecule has 1 aliphatic rings. The molecule has 0 unspecified atom stereocenters. The van der Waals surface area contributed by atoms with Crippen LogP contribution in [0.4, 0.5) is 4.39 Å². The highest BCUT2D eigenvalue weighted by Gasteiger charge is 2.36. The lowest BCUT2D eigenvalue weighted by atomic mass is 10.2. The molecule has 1 aliphatic heterocycles. The third-order valence-electron chi connectivity index (χ3n) is 3.01. The van der Waals surface area contributed by atoms with Crippen LogP contribution >= 0.6 is 11.6 Å². The molecule has 1 aromatic rings. The predicted molar refractivity (Wildman–Crippen MR) is 65.4 cm³/mol. The number of aliphatic hydroxyl groups excluding tert-OH is 1. The van der Waals surface area contributed by atoms with Gasteiger partial charge < -0.3 is 5.11 Å². The van der Waals surface area contributed by atoms with E-state index in [1.54, 1.807) is 0 Å². The van der Waals surface area contributed by atoms with E-state index >= 15 is 0 Å². The van der Waals surface area contributed by atoms with Crippen molar-refractivity contribution in [2.24, 2.45) is 0 Å². The van der Waals surface area contributed by atoms with E-state index in [0.717, 1.165) is 16.4 Å². The Morgan fingerprint density at radius 3 is 2.83 bits per heavy atom. The van der Waals surface area contributed by atoms with E-state index in [2.05, 4.69) is 0 Å². The molecule has 2 rings (SSSR count). The van der Waals surface area contributed by atoms with Gasteiger partial charge in [-0.1, -0.05) is 11.6 Å². The summed E-state index contributed by atoms with van der Waals surface area (Å²) in [5.74, 6) is -0.869. The molecule has 1 atom stereocenters. The molecule has 1 N–H and O–H groups in total. The predicted octanol–water partition coefficient (Wildman–Crippen LogP) is 1.62. The minimum atomic E-state index is -3.91. The first-order chi connectivity index (χ1) is 8.46. The number of hydrogen-bond donors (Lipinski definition) is 1. The Kier molecular flexibility index (Phi) is 3.91. The lowest BCUT2D eigenvalue weighted by molar-refractivity contribution is 0.213. The third-order valence-corrected chi connectivity index (χ3v) is 5.23. The SMILES string of the molecule is O=S(=O)(c1ccc(Cl)cc1F)N1CCC[C@@H]1CO. The summed E-state index contributed by atoms with van der Waals surface area (Å²) in [7, 11) is -3.91. The van der Waals surface area contributed by atoms with Crippen molar-refractivity contribution in [2.45, 2.75) is 23.8 Å². The normalized spacial score (nSPS) is 21.4. The van der Waals surface area contributed by atoms with Gasteiger partial charge in [-0.3, -0.25) is 0 Å². The average molecular weight is 294 g/mol. The van der Waals surface area contributed by atoms with E-state index in [0.29, 0.717) is 19.4 Å². The number of rotatable bonds is 3. The van der Waals surface area contributed by atoms with Crippen LogP contribution in [-0.4, -0.2) is 37.0 Å². The van der Waals surface area contributed by atoms with E-state index in [-0.39, 0.29) is 11.6 Å². The molecule has 1 aromatic carbocycles. The molecule has 0 saturated carbocycles. The number of aliphatic hydroxyl groups is 1. The number of benzene rings is 1. The molecule has 0 radical (unpaired) electrons. The number of nitrogens with zero attached hydrogens (tertiary/aromatic N) is 1. The van der Waals surface area contributed by atoms with Crippen molar-refractivity contribution in [1.82, 2.24) is 4.31 Å². The molecule has 0 bridgehead atoms. The summed E-state index contributed by atoms with van der Waals surface area (Å²) in [5, 5.41) is 9.28. The monoisotopic (exact) mass is 293 g/mol. The second-order valence-corrected chi connectivity index (χ2v) is 6.46. The van der Waals surface area contributed by atoms with Crippen LogP contribution < -0.4 is 0 Å². The van der Waals surface area contributed by atoms with Crippen LogP contribution in [0, 0.1) is 5.82 Å². The summed E-state index contributed by atoms with van der Waals surface area (Å²) in [6.07, 6.45) is 1.25. The van der Waals surface area contributed by atoms with Gasteiger partial charge in [0.15, 0.2) is 0 Å². The number of hydrogen-bond acceptors (Lipinski definition) is 3. The van der Waals surface area contributed by atoms with Crippen LogP contribution in [0.1, 0.15) is 12.8 Å². The van der Waals surface area contributed by atoms with Gasteiger partial charge >= 0.3 is 0 Å². The lowest BCUT2D eigenvalue weighted by Crippen LogP contribution is -2.37. The van der Waals surface area contributed by atoms with Crippen LogP contribution in [0.3, 0.4) is 0 Å². The van der Waals surface area contributed by atoms with E-state index in [1.165, 1.54) is 6.07 Å². The van der Waals surface area contributed by atoms with Gasteiger partial charge in [0.2, 0.25) is 10.0 Å². The number of sulfonamides is 1. The fourth-order valence-corrected chi connectivity index (χ4v) is 4.01. The molecule has 1 saturated heterocycles. The fraction of sp³-hybridized carbons (Fsp3) is 0.455. The van der Waals surface area contributed by atoms with Crippen molar-refractivity contribution in [3.8, 4) is 0 Å². The first-order valence-electron chi connectivity index (χ1n) is 5.54. The summed E-state index contributed by atoms with van der Waals surface area (Å²) in [6, 6.07) is 2.99. The Balaban J connectivity index is 2.42. The quantitative estimate of drug-likeness (QED) is 0.921. The molecule has 18 heavy (non-hydrogen) atoms. The van der Waals surface area contributed by atoms with Gasteiger partial charge in [0.25, 0.3) is 0 Å². The zero-order valence-corrected chi connectivity index (χ0v) is 11.1. The highest BCUT2D eigenvalue weighted by Crippen LogP contribution is 2.28. The van der Waals surface area contributed by atoms with Gasteiger partial charge in [0.05, 0.1) is 6.61 Å². The largest absolute Gasteiger partial charge is 0.395 e. The van der Waals surface area contributed by atoms with E-state index in [9.17, 15) is 12.8 Å². The molecule has 0 amide bonds. The zero-order valence-electron chi connectivity index (χ0n) is 9.51. The van der Waals surface area contributed by atoms with Gasteiger partial charge in [-0.05, 0) is 31.0 Å². The maximum Gasteiger partial charge on any atom is 0.246 e. The second kappa shape index (κ2) is 5.13. The van der Waals surface area contributed by atoms with Crippen molar-refractivity contribution >= 4 is 21.6 Å². The molecule has 1 heterocycles. The smallest absolute Gasteiger partial charge is 0.246 e. The average Bonchev–Trinajstić information content (AvgIpc) is 2.76. The highest BCUT2D eigenvalue weighted by molar-refractivity contribution is 7.89. The molecule has 0 aliphatic carbocycles. The standard InChI is InChI=1S/C11H13ClFNO3S/c12-8-3-4-11(10(13)6-8)18(16,17)14-5-1-2-9(14)7-15/h3-4,6,9,15H,1-2,5,7H2/t9-/m1/s1. The Morgan fingerprint density at radius 2 is 2.22 bits per heavy atom. The van der Waals surface area contributed by atoms with Gasteiger partial charge in [-0.15, -0.1) is 0 Å². The first kappa shape index (κ1) is 13.7. The third kappa shape index (κ3) is 2.38. The van der Waals surface area contributed by atoms with Gasteiger partial charge in [-0.25, -0.2) is 12.8 Å². The van der Waals surface area contributed by atoms with Gasteiger partial charge in [-0.2, -0.15) is 4.31 Å². The van der Waals surface area contributed by atoms with Crippen molar-refractivity contribution in [3.63, 3.8) is 0 Å². The Hall–Kier alpha value is -0.690. The van der Waals surface area contributed by atoms with Crippen LogP contribution in [0.25, 0.3) is 0 Å². The lowest BCUT2D eigenvalue weighted by Gasteiger charge is -2.22. The van der Waals surface area contributed by atoms with Gasteiger partial charge in [0, 0.05) is 17.6 Å². The summed E-state index contributed by atoms with van der Waals surface area (Å²) < 4.78 is 39.4. The summed E-state index contributed by atoms with van der Waals surface area (Å²) >= 11 is 5.59. The summed E-state index contributed by atoms with van der Waals surface area (Å²) in [4.78, 5) is -0.396. The summed E-state index contributed by atoms with van der Waals surface area (Å²) in [6.45, 7) is 0.0457. The Labute approximate surface area is 110 Å². The maximum atomic E-state index is 13.7. The molecular formula is C11H13ClFNO3S. The minimum Gasteiger partial charge on any atom is -0.395 e. The zero-order chi connectivity index (χ0) is 13.3.